The normalized spacial score (nSPS) is 18.6. The summed E-state index contributed by atoms with van der Waals surface area (Å²) in [6.45, 7) is 9.07. The second-order valence-corrected chi connectivity index (χ2v) is 8.55. The fourth-order valence-electron chi connectivity index (χ4n) is 3.91. The van der Waals surface area contributed by atoms with Gasteiger partial charge in [0.1, 0.15) is 0 Å². The molecule has 0 radical (unpaired) electrons. The Morgan fingerprint density at radius 3 is 2.63 bits per heavy atom. The number of carbonyl (C=O) groups excluding carboxylic acids is 2. The van der Waals surface area contributed by atoms with Crippen LogP contribution in [0.25, 0.3) is 11.3 Å². The number of likely N-dealkylation sites (N-methyl/N-ethyl adjacent to an activating group) is 1. The van der Waals surface area contributed by atoms with Gasteiger partial charge in [-0.2, -0.15) is 0 Å². The molecule has 2 atom stereocenters. The van der Waals surface area contributed by atoms with E-state index in [2.05, 4.69) is 32.3 Å². The van der Waals surface area contributed by atoms with Gasteiger partial charge in [-0.15, -0.1) is 0 Å². The summed E-state index contributed by atoms with van der Waals surface area (Å²) < 4.78 is 7.33. The number of alkyl carbamates (subject to hydrolysis) is 1. The molecular formula is C22H33N5O3. The zero-order chi connectivity index (χ0) is 22.0. The lowest BCUT2D eigenvalue weighted by atomic mass is 9.90. The molecule has 1 aromatic heterocycles. The summed E-state index contributed by atoms with van der Waals surface area (Å²) in [6.07, 6.45) is 2.08. The van der Waals surface area contributed by atoms with E-state index in [-0.39, 0.29) is 24.1 Å². The maximum absolute atomic E-state index is 12.3. The van der Waals surface area contributed by atoms with Crippen LogP contribution in [0.4, 0.5) is 10.5 Å². The first-order chi connectivity index (χ1) is 14.2. The number of nitrogens with zero attached hydrogens (tertiary/aromatic N) is 3. The van der Waals surface area contributed by atoms with Crippen molar-refractivity contribution in [1.82, 2.24) is 20.0 Å². The van der Waals surface area contributed by atoms with E-state index >= 15 is 0 Å². The van der Waals surface area contributed by atoms with E-state index in [0.29, 0.717) is 6.42 Å². The van der Waals surface area contributed by atoms with Gasteiger partial charge in [-0.1, -0.05) is 6.07 Å². The monoisotopic (exact) mass is 415 g/mol. The van der Waals surface area contributed by atoms with Crippen LogP contribution in [0.15, 0.2) is 24.4 Å². The largest absolute Gasteiger partial charge is 0.447 e. The number of anilines is 1. The third kappa shape index (κ3) is 4.87. The zero-order valence-corrected chi connectivity index (χ0v) is 18.7. The van der Waals surface area contributed by atoms with Crippen molar-refractivity contribution in [2.24, 2.45) is 0 Å². The van der Waals surface area contributed by atoms with Crippen LogP contribution in [0, 0.1) is 0 Å². The minimum Gasteiger partial charge on any atom is -0.447 e. The number of rotatable bonds is 6. The summed E-state index contributed by atoms with van der Waals surface area (Å²) in [5.74, 6) is -0.00412. The minimum absolute atomic E-state index is 0.00412. The van der Waals surface area contributed by atoms with E-state index in [0.717, 1.165) is 35.6 Å². The van der Waals surface area contributed by atoms with Gasteiger partial charge in [-0.25, -0.2) is 4.79 Å². The third-order valence-electron chi connectivity index (χ3n) is 5.30. The van der Waals surface area contributed by atoms with Crippen molar-refractivity contribution in [3.63, 3.8) is 0 Å². The zero-order valence-electron chi connectivity index (χ0n) is 18.7. The van der Waals surface area contributed by atoms with Gasteiger partial charge in [0.2, 0.25) is 5.91 Å². The third-order valence-corrected chi connectivity index (χ3v) is 5.30. The Balaban J connectivity index is 1.88. The molecular weight excluding hydrogens is 382 g/mol. The van der Waals surface area contributed by atoms with Gasteiger partial charge in [0.25, 0.3) is 0 Å². The molecule has 0 bridgehead atoms. The highest BCUT2D eigenvalue weighted by molar-refractivity contribution is 5.94. The summed E-state index contributed by atoms with van der Waals surface area (Å²) in [7, 11) is 4.10. The second kappa shape index (κ2) is 8.95. The van der Waals surface area contributed by atoms with Crippen molar-refractivity contribution in [3.05, 3.63) is 30.0 Å². The molecule has 0 aliphatic carbocycles. The molecule has 3 rings (SSSR count). The Labute approximate surface area is 178 Å². The summed E-state index contributed by atoms with van der Waals surface area (Å²) in [5.41, 5.74) is 3.81. The molecule has 1 aliphatic heterocycles. The number of nitrogens with one attached hydrogen (secondary N) is 2. The van der Waals surface area contributed by atoms with E-state index in [4.69, 9.17) is 4.74 Å². The van der Waals surface area contributed by atoms with Gasteiger partial charge in [0.05, 0.1) is 24.4 Å². The summed E-state index contributed by atoms with van der Waals surface area (Å²) in [4.78, 5) is 28.5. The minimum atomic E-state index is -0.439. The molecule has 2 N–H and O–H groups in total. The summed E-state index contributed by atoms with van der Waals surface area (Å²) >= 11 is 0. The summed E-state index contributed by atoms with van der Waals surface area (Å²) in [5, 5.41) is 6.34. The smallest absolute Gasteiger partial charge is 0.407 e. The fraction of sp³-hybridized carbons (Fsp3) is 0.545. The van der Waals surface area contributed by atoms with E-state index in [9.17, 15) is 9.59 Å². The lowest BCUT2D eigenvalue weighted by Crippen LogP contribution is -2.45. The van der Waals surface area contributed by atoms with Crippen LogP contribution < -0.4 is 10.2 Å². The number of benzene rings is 1. The number of hydrogen-bond acceptors (Lipinski definition) is 4. The van der Waals surface area contributed by atoms with Crippen LogP contribution in [-0.4, -0.2) is 59.5 Å². The lowest BCUT2D eigenvalue weighted by molar-refractivity contribution is -0.117. The van der Waals surface area contributed by atoms with Crippen molar-refractivity contribution in [3.8, 4) is 11.3 Å². The number of fused-ring (bicyclic) bond motifs is 1. The van der Waals surface area contributed by atoms with Gasteiger partial charge < -0.3 is 19.9 Å². The first-order valence-electron chi connectivity index (χ1n) is 10.5. The highest BCUT2D eigenvalue weighted by Crippen LogP contribution is 2.39. The van der Waals surface area contributed by atoms with Crippen molar-refractivity contribution >= 4 is 17.7 Å². The van der Waals surface area contributed by atoms with Gasteiger partial charge >= 0.3 is 6.09 Å². The number of ether oxygens (including phenoxy) is 1. The van der Waals surface area contributed by atoms with Crippen LogP contribution in [0.1, 0.15) is 45.7 Å². The van der Waals surface area contributed by atoms with Crippen molar-refractivity contribution < 1.29 is 14.3 Å². The van der Waals surface area contributed by atoms with Crippen molar-refractivity contribution in [1.29, 1.82) is 0 Å². The number of aromatic nitrogens is 2. The molecule has 8 heteroatoms. The number of hydrogen-bond donors (Lipinski definition) is 2. The molecule has 2 unspecified atom stereocenters. The highest BCUT2D eigenvalue weighted by atomic mass is 16.6. The molecule has 0 saturated carbocycles. The lowest BCUT2D eigenvalue weighted by Gasteiger charge is -2.39. The Morgan fingerprint density at radius 1 is 1.33 bits per heavy atom. The Morgan fingerprint density at radius 2 is 2.03 bits per heavy atom. The molecule has 2 amide bonds. The molecule has 164 valence electrons. The predicted molar refractivity (Wildman–Crippen MR) is 118 cm³/mol. The number of aromatic amines is 1. The molecule has 2 aromatic rings. The van der Waals surface area contributed by atoms with Crippen LogP contribution in [0.3, 0.4) is 0 Å². The molecule has 2 heterocycles. The van der Waals surface area contributed by atoms with Gasteiger partial charge in [0.15, 0.2) is 0 Å². The maximum atomic E-state index is 12.3. The molecule has 1 aromatic carbocycles. The van der Waals surface area contributed by atoms with Crippen LogP contribution >= 0.6 is 0 Å². The van der Waals surface area contributed by atoms with Gasteiger partial charge in [-0.05, 0) is 59.0 Å². The number of amides is 2. The van der Waals surface area contributed by atoms with E-state index in [1.807, 2.05) is 47.0 Å². The maximum Gasteiger partial charge on any atom is 0.407 e. The SMILES string of the molecule is CC(=O)N1c2ccc(-c3cn(CCN(C)C)[nH]3)cc2C(NC(=O)OC(C)C)CC1C. The first kappa shape index (κ1) is 22.0. The molecule has 1 aliphatic rings. The number of H-pyrrole nitrogens is 1. The molecule has 0 spiro atoms. The number of carbonyl (C=O) groups is 2. The Bertz CT molecular complexity index is 886. The fourth-order valence-corrected chi connectivity index (χ4v) is 3.91. The topological polar surface area (TPSA) is 82.6 Å². The van der Waals surface area contributed by atoms with E-state index < -0.39 is 6.09 Å². The van der Waals surface area contributed by atoms with Gasteiger partial charge in [0, 0.05) is 37.0 Å². The standard InChI is InChI=1S/C22H33N5O3/c1-14(2)30-22(29)23-19-11-15(3)27(16(4)28)21-8-7-17(12-18(19)21)20-13-26(24-20)10-9-25(5)6/h7-8,12-15,19,24H,9-11H2,1-6H3,(H,23,29). The molecule has 30 heavy (non-hydrogen) atoms. The van der Waals surface area contributed by atoms with E-state index in [1.54, 1.807) is 11.8 Å². The Hall–Kier alpha value is -2.74. The second-order valence-electron chi connectivity index (χ2n) is 8.55. The van der Waals surface area contributed by atoms with Gasteiger partial charge in [-0.3, -0.25) is 14.6 Å². The summed E-state index contributed by atoms with van der Waals surface area (Å²) in [6, 6.07) is 5.79. The predicted octanol–water partition coefficient (Wildman–Crippen LogP) is 3.37. The van der Waals surface area contributed by atoms with Crippen molar-refractivity contribution in [2.45, 2.75) is 58.8 Å². The van der Waals surface area contributed by atoms with Crippen LogP contribution in [0.5, 0.6) is 0 Å². The first-order valence-corrected chi connectivity index (χ1v) is 10.5. The quantitative estimate of drug-likeness (QED) is 0.758. The molecule has 0 saturated heterocycles. The van der Waals surface area contributed by atoms with E-state index in [1.165, 1.54) is 0 Å². The molecule has 0 fully saturated rings. The van der Waals surface area contributed by atoms with Crippen LogP contribution in [-0.2, 0) is 16.1 Å². The average molecular weight is 416 g/mol. The van der Waals surface area contributed by atoms with Crippen molar-refractivity contribution in [2.75, 3.05) is 25.5 Å². The Kier molecular flexibility index (Phi) is 6.55. The molecule has 8 nitrogen and oxygen atoms in total. The average Bonchev–Trinajstić information content (AvgIpc) is 2.59. The highest BCUT2D eigenvalue weighted by Gasteiger charge is 2.34. The van der Waals surface area contributed by atoms with Crippen LogP contribution in [0.2, 0.25) is 0 Å².